The van der Waals surface area contributed by atoms with Crippen LogP contribution in [0, 0.1) is 6.92 Å². The zero-order chi connectivity index (χ0) is 19.7. The summed E-state index contributed by atoms with van der Waals surface area (Å²) in [6.07, 6.45) is 3.55. The Kier molecular flexibility index (Phi) is 5.13. The Bertz CT molecular complexity index is 1020. The number of piperazine rings is 1. The van der Waals surface area contributed by atoms with E-state index < -0.39 is 0 Å². The minimum absolute atomic E-state index is 0.282. The second kappa shape index (κ2) is 7.72. The molecule has 0 amide bonds. The summed E-state index contributed by atoms with van der Waals surface area (Å²) in [6.45, 7) is 10.8. The predicted molar refractivity (Wildman–Crippen MR) is 111 cm³/mol. The van der Waals surface area contributed by atoms with Crippen molar-refractivity contribution in [3.8, 4) is 0 Å². The highest BCUT2D eigenvalue weighted by molar-refractivity contribution is 5.82. The van der Waals surface area contributed by atoms with Crippen LogP contribution >= 0.6 is 0 Å². The summed E-state index contributed by atoms with van der Waals surface area (Å²) < 4.78 is 5.48. The Labute approximate surface area is 164 Å². The van der Waals surface area contributed by atoms with E-state index in [2.05, 4.69) is 46.6 Å². The van der Waals surface area contributed by atoms with E-state index in [0.717, 1.165) is 49.6 Å². The Hall–Kier alpha value is -2.73. The molecule has 1 saturated heterocycles. The summed E-state index contributed by atoms with van der Waals surface area (Å²) in [4.78, 5) is 25.4. The van der Waals surface area contributed by atoms with Gasteiger partial charge in [0.1, 0.15) is 5.58 Å². The van der Waals surface area contributed by atoms with Crippen molar-refractivity contribution >= 4 is 16.9 Å². The van der Waals surface area contributed by atoms with Gasteiger partial charge in [-0.2, -0.15) is 0 Å². The summed E-state index contributed by atoms with van der Waals surface area (Å²) >= 11 is 0. The van der Waals surface area contributed by atoms with Crippen LogP contribution in [-0.4, -0.2) is 41.0 Å². The molecule has 4 rings (SSSR count). The van der Waals surface area contributed by atoms with Crippen LogP contribution in [0.15, 0.2) is 45.9 Å². The van der Waals surface area contributed by atoms with Gasteiger partial charge in [0.15, 0.2) is 0 Å². The molecule has 0 bridgehead atoms. The monoisotopic (exact) mass is 378 g/mol. The van der Waals surface area contributed by atoms with Crippen LogP contribution in [-0.2, 0) is 6.54 Å². The number of benzene rings is 1. The fourth-order valence-electron chi connectivity index (χ4n) is 3.95. The molecule has 1 aromatic carbocycles. The first-order chi connectivity index (χ1) is 13.5. The van der Waals surface area contributed by atoms with Gasteiger partial charge in [0.25, 0.3) is 0 Å². The van der Waals surface area contributed by atoms with E-state index >= 15 is 0 Å². The molecule has 0 aliphatic carbocycles. The fraction of sp³-hybridized carbons (Fsp3) is 0.409. The molecule has 6 nitrogen and oxygen atoms in total. The van der Waals surface area contributed by atoms with Gasteiger partial charge in [0.2, 0.25) is 5.95 Å². The number of nitrogens with zero attached hydrogens (tertiary/aromatic N) is 4. The molecule has 0 atom stereocenters. The molecular formula is C22H26N4O2. The molecule has 0 unspecified atom stereocenters. The Morgan fingerprint density at radius 1 is 1.07 bits per heavy atom. The van der Waals surface area contributed by atoms with Crippen LogP contribution in [0.5, 0.6) is 0 Å². The molecule has 1 fully saturated rings. The quantitative estimate of drug-likeness (QED) is 0.649. The van der Waals surface area contributed by atoms with E-state index in [1.807, 2.05) is 12.1 Å². The van der Waals surface area contributed by atoms with E-state index in [4.69, 9.17) is 4.42 Å². The van der Waals surface area contributed by atoms with Crippen molar-refractivity contribution in [1.29, 1.82) is 0 Å². The lowest BCUT2D eigenvalue weighted by atomic mass is 9.95. The maximum absolute atomic E-state index is 12.1. The van der Waals surface area contributed by atoms with Crippen LogP contribution < -0.4 is 10.5 Å². The number of rotatable bonds is 4. The third-order valence-electron chi connectivity index (χ3n) is 5.44. The lowest BCUT2D eigenvalue weighted by Gasteiger charge is -2.34. The van der Waals surface area contributed by atoms with E-state index in [-0.39, 0.29) is 5.63 Å². The zero-order valence-electron chi connectivity index (χ0n) is 16.7. The highest BCUT2D eigenvalue weighted by Crippen LogP contribution is 2.27. The first-order valence-corrected chi connectivity index (χ1v) is 9.83. The molecule has 28 heavy (non-hydrogen) atoms. The average Bonchev–Trinajstić information content (AvgIpc) is 2.68. The van der Waals surface area contributed by atoms with Crippen LogP contribution in [0.1, 0.15) is 36.5 Å². The van der Waals surface area contributed by atoms with Crippen molar-refractivity contribution < 1.29 is 4.42 Å². The van der Waals surface area contributed by atoms with Gasteiger partial charge in [-0.25, -0.2) is 14.8 Å². The predicted octanol–water partition coefficient (Wildman–Crippen LogP) is 3.34. The number of hydrogen-bond acceptors (Lipinski definition) is 6. The first-order valence-electron chi connectivity index (χ1n) is 9.83. The normalized spacial score (nSPS) is 15.5. The molecule has 1 aliphatic heterocycles. The lowest BCUT2D eigenvalue weighted by molar-refractivity contribution is 0.249. The number of hydrogen-bond donors (Lipinski definition) is 0. The molecule has 1 aliphatic rings. The maximum atomic E-state index is 12.1. The molecule has 0 radical (unpaired) electrons. The van der Waals surface area contributed by atoms with Crippen molar-refractivity contribution in [2.45, 2.75) is 33.2 Å². The highest BCUT2D eigenvalue weighted by atomic mass is 16.4. The van der Waals surface area contributed by atoms with Crippen molar-refractivity contribution in [3.05, 3.63) is 63.8 Å². The van der Waals surface area contributed by atoms with E-state index in [1.165, 1.54) is 11.1 Å². The van der Waals surface area contributed by atoms with Gasteiger partial charge in [-0.15, -0.1) is 0 Å². The van der Waals surface area contributed by atoms with Crippen molar-refractivity contribution in [3.63, 3.8) is 0 Å². The van der Waals surface area contributed by atoms with Gasteiger partial charge in [-0.05, 0) is 47.7 Å². The van der Waals surface area contributed by atoms with E-state index in [0.29, 0.717) is 11.5 Å². The van der Waals surface area contributed by atoms with Gasteiger partial charge in [0, 0.05) is 56.6 Å². The second-order valence-corrected chi connectivity index (χ2v) is 7.76. The number of fused-ring (bicyclic) bond motifs is 1. The minimum Gasteiger partial charge on any atom is -0.423 e. The maximum Gasteiger partial charge on any atom is 0.336 e. The SMILES string of the molecule is Cc1cc2oc(=O)cc(CN3CCN(c4ncccn4)CC3)c2cc1C(C)C. The Morgan fingerprint density at radius 2 is 1.79 bits per heavy atom. The standard InChI is InChI=1S/C22H26N4O2/c1-15(2)18-13-19-17(12-21(27)28-20(19)11-16(18)3)14-25-7-9-26(10-8-25)22-23-5-4-6-24-22/h4-6,11-13,15H,7-10,14H2,1-3H3. The third kappa shape index (κ3) is 3.78. The summed E-state index contributed by atoms with van der Waals surface area (Å²) in [5.74, 6) is 1.21. The Morgan fingerprint density at radius 3 is 2.46 bits per heavy atom. The largest absolute Gasteiger partial charge is 0.423 e. The molecule has 0 saturated carbocycles. The lowest BCUT2D eigenvalue weighted by Crippen LogP contribution is -2.46. The second-order valence-electron chi connectivity index (χ2n) is 7.76. The molecule has 6 heteroatoms. The third-order valence-corrected chi connectivity index (χ3v) is 5.44. The molecule has 0 N–H and O–H groups in total. The molecule has 3 heterocycles. The smallest absolute Gasteiger partial charge is 0.336 e. The summed E-state index contributed by atoms with van der Waals surface area (Å²) in [5, 5.41) is 1.04. The number of aryl methyl sites for hydroxylation is 1. The molecule has 146 valence electrons. The van der Waals surface area contributed by atoms with Gasteiger partial charge < -0.3 is 9.32 Å². The number of aromatic nitrogens is 2. The summed E-state index contributed by atoms with van der Waals surface area (Å²) in [7, 11) is 0. The highest BCUT2D eigenvalue weighted by Gasteiger charge is 2.20. The van der Waals surface area contributed by atoms with Crippen molar-refractivity contribution in [1.82, 2.24) is 14.9 Å². The molecular weight excluding hydrogens is 352 g/mol. The van der Waals surface area contributed by atoms with Crippen molar-refractivity contribution in [2.24, 2.45) is 0 Å². The van der Waals surface area contributed by atoms with Gasteiger partial charge in [0.05, 0.1) is 0 Å². The fourth-order valence-corrected chi connectivity index (χ4v) is 3.95. The van der Waals surface area contributed by atoms with Crippen LogP contribution in [0.3, 0.4) is 0 Å². The van der Waals surface area contributed by atoms with Crippen LogP contribution in [0.25, 0.3) is 11.0 Å². The zero-order valence-corrected chi connectivity index (χ0v) is 16.7. The van der Waals surface area contributed by atoms with E-state index in [9.17, 15) is 4.79 Å². The van der Waals surface area contributed by atoms with Crippen molar-refractivity contribution in [2.75, 3.05) is 31.1 Å². The summed E-state index contributed by atoms with van der Waals surface area (Å²) in [5.41, 5.74) is 3.90. The number of anilines is 1. The average molecular weight is 378 g/mol. The molecule has 3 aromatic rings. The first kappa shape index (κ1) is 18.6. The van der Waals surface area contributed by atoms with Crippen LogP contribution in [0.4, 0.5) is 5.95 Å². The molecule has 2 aromatic heterocycles. The minimum atomic E-state index is -0.282. The topological polar surface area (TPSA) is 62.5 Å². The van der Waals surface area contributed by atoms with Crippen LogP contribution in [0.2, 0.25) is 0 Å². The van der Waals surface area contributed by atoms with Gasteiger partial charge >= 0.3 is 5.63 Å². The Balaban J connectivity index is 1.56. The molecule has 0 spiro atoms. The summed E-state index contributed by atoms with van der Waals surface area (Å²) in [6, 6.07) is 7.68. The van der Waals surface area contributed by atoms with Gasteiger partial charge in [-0.3, -0.25) is 4.90 Å². The van der Waals surface area contributed by atoms with Gasteiger partial charge in [-0.1, -0.05) is 13.8 Å². The van der Waals surface area contributed by atoms with E-state index in [1.54, 1.807) is 18.5 Å².